The van der Waals surface area contributed by atoms with E-state index in [-0.39, 0.29) is 6.04 Å². The van der Waals surface area contributed by atoms with E-state index in [0.29, 0.717) is 11.7 Å². The Morgan fingerprint density at radius 3 is 2.48 bits per heavy atom. The summed E-state index contributed by atoms with van der Waals surface area (Å²) in [5.41, 5.74) is 4.73. The number of ether oxygens (including phenoxy) is 1. The van der Waals surface area contributed by atoms with Gasteiger partial charge in [-0.25, -0.2) is 0 Å². The second kappa shape index (κ2) is 7.97. The van der Waals surface area contributed by atoms with E-state index in [1.54, 1.807) is 0 Å². The van der Waals surface area contributed by atoms with Crippen LogP contribution in [0.15, 0.2) is 42.5 Å². The molecule has 0 spiro atoms. The largest absolute Gasteiger partial charge is 0.494 e. The Hall–Kier alpha value is -2.07. The minimum absolute atomic E-state index is 0.151. The Balaban J connectivity index is 1.97. The van der Waals surface area contributed by atoms with E-state index in [1.807, 2.05) is 31.2 Å². The van der Waals surface area contributed by atoms with Crippen LogP contribution in [0.3, 0.4) is 0 Å². The van der Waals surface area contributed by atoms with Gasteiger partial charge in [-0.3, -0.25) is 0 Å². The van der Waals surface area contributed by atoms with E-state index in [2.05, 4.69) is 49.6 Å². The SMILES string of the molecule is CCOc1ccc(NC(=S)N[C@@H](C)c2cc(C)ccc2C)cc1. The zero-order chi connectivity index (χ0) is 16.8. The molecule has 2 rings (SSSR count). The van der Waals surface area contributed by atoms with Gasteiger partial charge in [0.15, 0.2) is 5.11 Å². The van der Waals surface area contributed by atoms with Crippen molar-refractivity contribution in [2.75, 3.05) is 11.9 Å². The molecule has 2 aromatic rings. The molecule has 23 heavy (non-hydrogen) atoms. The average Bonchev–Trinajstić information content (AvgIpc) is 2.51. The molecule has 0 aliphatic heterocycles. The fourth-order valence-corrected chi connectivity index (χ4v) is 2.76. The number of rotatable bonds is 5. The van der Waals surface area contributed by atoms with Gasteiger partial charge >= 0.3 is 0 Å². The van der Waals surface area contributed by atoms with Gasteiger partial charge < -0.3 is 15.4 Å². The number of thiocarbonyl (C=S) groups is 1. The minimum Gasteiger partial charge on any atom is -0.494 e. The van der Waals surface area contributed by atoms with Crippen LogP contribution in [0, 0.1) is 13.8 Å². The number of aryl methyl sites for hydroxylation is 2. The standard InChI is InChI=1S/C19H24N2OS/c1-5-22-17-10-8-16(9-11-17)21-19(23)20-15(4)18-12-13(2)6-7-14(18)3/h6-12,15H,5H2,1-4H3,(H2,20,21,23)/t15-/m0/s1. The van der Waals surface area contributed by atoms with Gasteiger partial charge in [0.25, 0.3) is 0 Å². The summed E-state index contributed by atoms with van der Waals surface area (Å²) in [6.45, 7) is 8.98. The van der Waals surface area contributed by atoms with Crippen LogP contribution in [0.4, 0.5) is 5.69 Å². The lowest BCUT2D eigenvalue weighted by molar-refractivity contribution is 0.340. The molecule has 2 N–H and O–H groups in total. The van der Waals surface area contributed by atoms with E-state index in [1.165, 1.54) is 16.7 Å². The van der Waals surface area contributed by atoms with Crippen molar-refractivity contribution in [3.05, 3.63) is 59.2 Å². The Kier molecular flexibility index (Phi) is 5.99. The maximum absolute atomic E-state index is 5.44. The van der Waals surface area contributed by atoms with Crippen molar-refractivity contribution in [3.8, 4) is 5.75 Å². The third-order valence-electron chi connectivity index (χ3n) is 3.67. The van der Waals surface area contributed by atoms with E-state index in [0.717, 1.165) is 11.4 Å². The Labute approximate surface area is 144 Å². The number of benzene rings is 2. The molecule has 0 saturated heterocycles. The van der Waals surface area contributed by atoms with Crippen molar-refractivity contribution in [2.45, 2.75) is 33.7 Å². The summed E-state index contributed by atoms with van der Waals surface area (Å²) in [6, 6.07) is 14.4. The number of hydrogen-bond acceptors (Lipinski definition) is 2. The first-order chi connectivity index (χ1) is 11.0. The average molecular weight is 328 g/mol. The molecule has 0 aliphatic rings. The topological polar surface area (TPSA) is 33.3 Å². The maximum Gasteiger partial charge on any atom is 0.171 e. The summed E-state index contributed by atoms with van der Waals surface area (Å²) in [5, 5.41) is 7.17. The molecule has 0 heterocycles. The highest BCUT2D eigenvalue weighted by atomic mass is 32.1. The molecule has 122 valence electrons. The van der Waals surface area contributed by atoms with Crippen LogP contribution in [0.1, 0.15) is 36.6 Å². The summed E-state index contributed by atoms with van der Waals surface area (Å²) in [5.74, 6) is 0.862. The fraction of sp³-hybridized carbons (Fsp3) is 0.316. The summed E-state index contributed by atoms with van der Waals surface area (Å²) in [4.78, 5) is 0. The monoisotopic (exact) mass is 328 g/mol. The van der Waals surface area contributed by atoms with Gasteiger partial charge in [0.1, 0.15) is 5.75 Å². The third kappa shape index (κ3) is 4.96. The zero-order valence-electron chi connectivity index (χ0n) is 14.1. The highest BCUT2D eigenvalue weighted by Gasteiger charge is 2.10. The third-order valence-corrected chi connectivity index (χ3v) is 3.89. The van der Waals surface area contributed by atoms with Crippen molar-refractivity contribution in [1.29, 1.82) is 0 Å². The predicted molar refractivity (Wildman–Crippen MR) is 101 cm³/mol. The van der Waals surface area contributed by atoms with Crippen LogP contribution in [0.5, 0.6) is 5.75 Å². The predicted octanol–water partition coefficient (Wildman–Crippen LogP) is 4.75. The molecule has 0 bridgehead atoms. The van der Waals surface area contributed by atoms with Crippen molar-refractivity contribution in [1.82, 2.24) is 5.32 Å². The zero-order valence-corrected chi connectivity index (χ0v) is 15.0. The van der Waals surface area contributed by atoms with Gasteiger partial charge in [0, 0.05) is 5.69 Å². The van der Waals surface area contributed by atoms with Gasteiger partial charge in [-0.15, -0.1) is 0 Å². The highest BCUT2D eigenvalue weighted by Crippen LogP contribution is 2.20. The van der Waals surface area contributed by atoms with Crippen LogP contribution >= 0.6 is 12.2 Å². The highest BCUT2D eigenvalue weighted by molar-refractivity contribution is 7.80. The number of nitrogens with one attached hydrogen (secondary N) is 2. The fourth-order valence-electron chi connectivity index (χ4n) is 2.47. The summed E-state index contributed by atoms with van der Waals surface area (Å²) in [7, 11) is 0. The van der Waals surface area contributed by atoms with Gasteiger partial charge in [0.2, 0.25) is 0 Å². The van der Waals surface area contributed by atoms with Gasteiger partial charge in [-0.05, 0) is 75.3 Å². The molecule has 2 aromatic carbocycles. The second-order valence-electron chi connectivity index (χ2n) is 5.64. The van der Waals surface area contributed by atoms with Crippen LogP contribution in [-0.4, -0.2) is 11.7 Å². The maximum atomic E-state index is 5.44. The molecule has 1 atom stereocenters. The van der Waals surface area contributed by atoms with Crippen LogP contribution < -0.4 is 15.4 Å². The van der Waals surface area contributed by atoms with Gasteiger partial charge in [0.05, 0.1) is 12.6 Å². The number of hydrogen-bond donors (Lipinski definition) is 2. The van der Waals surface area contributed by atoms with Crippen molar-refractivity contribution < 1.29 is 4.74 Å². The molecule has 3 nitrogen and oxygen atoms in total. The summed E-state index contributed by atoms with van der Waals surface area (Å²) < 4.78 is 5.44. The Morgan fingerprint density at radius 2 is 1.83 bits per heavy atom. The molecule has 0 unspecified atom stereocenters. The van der Waals surface area contributed by atoms with E-state index < -0.39 is 0 Å². The van der Waals surface area contributed by atoms with Crippen molar-refractivity contribution >= 4 is 23.0 Å². The molecular weight excluding hydrogens is 304 g/mol. The first-order valence-corrected chi connectivity index (χ1v) is 8.28. The lowest BCUT2D eigenvalue weighted by atomic mass is 10.0. The molecule has 0 aliphatic carbocycles. The molecule has 0 fully saturated rings. The second-order valence-corrected chi connectivity index (χ2v) is 6.05. The van der Waals surface area contributed by atoms with Crippen LogP contribution in [-0.2, 0) is 0 Å². The first kappa shape index (κ1) is 17.3. The van der Waals surface area contributed by atoms with E-state index >= 15 is 0 Å². The number of anilines is 1. The van der Waals surface area contributed by atoms with E-state index in [4.69, 9.17) is 17.0 Å². The normalized spacial score (nSPS) is 11.7. The van der Waals surface area contributed by atoms with Crippen LogP contribution in [0.25, 0.3) is 0 Å². The van der Waals surface area contributed by atoms with Crippen molar-refractivity contribution in [3.63, 3.8) is 0 Å². The summed E-state index contributed by atoms with van der Waals surface area (Å²) in [6.07, 6.45) is 0. The lowest BCUT2D eigenvalue weighted by Gasteiger charge is -2.19. The molecule has 0 radical (unpaired) electrons. The molecule has 0 aromatic heterocycles. The first-order valence-electron chi connectivity index (χ1n) is 7.87. The van der Waals surface area contributed by atoms with Gasteiger partial charge in [-0.2, -0.15) is 0 Å². The minimum atomic E-state index is 0.151. The quantitative estimate of drug-likeness (QED) is 0.776. The molecular formula is C19H24N2OS. The van der Waals surface area contributed by atoms with Gasteiger partial charge in [-0.1, -0.05) is 23.8 Å². The molecule has 0 saturated carbocycles. The molecule has 4 heteroatoms. The van der Waals surface area contributed by atoms with Crippen LogP contribution in [0.2, 0.25) is 0 Å². The smallest absolute Gasteiger partial charge is 0.171 e. The summed E-state index contributed by atoms with van der Waals surface area (Å²) >= 11 is 5.42. The molecule has 0 amide bonds. The van der Waals surface area contributed by atoms with E-state index in [9.17, 15) is 0 Å². The Bertz CT molecular complexity index is 668. The Morgan fingerprint density at radius 1 is 1.13 bits per heavy atom. The lowest BCUT2D eigenvalue weighted by Crippen LogP contribution is -2.31. The van der Waals surface area contributed by atoms with Crippen molar-refractivity contribution in [2.24, 2.45) is 0 Å².